The lowest BCUT2D eigenvalue weighted by atomic mass is 9.91. The second kappa shape index (κ2) is 6.20. The molecule has 2 fully saturated rings. The van der Waals surface area contributed by atoms with E-state index in [1.54, 1.807) is 7.11 Å². The van der Waals surface area contributed by atoms with E-state index in [9.17, 15) is 4.39 Å². The van der Waals surface area contributed by atoms with E-state index in [-0.39, 0.29) is 11.9 Å². The van der Waals surface area contributed by atoms with Crippen molar-refractivity contribution in [1.82, 2.24) is 4.90 Å². The molecule has 0 aromatic heterocycles. The molecule has 0 amide bonds. The van der Waals surface area contributed by atoms with Crippen molar-refractivity contribution in [3.63, 3.8) is 0 Å². The molecule has 0 spiro atoms. The van der Waals surface area contributed by atoms with Crippen molar-refractivity contribution in [3.8, 4) is 0 Å². The van der Waals surface area contributed by atoms with Gasteiger partial charge in [0.1, 0.15) is 5.82 Å². The molecule has 2 aliphatic heterocycles. The molecule has 1 aromatic rings. The number of methoxy groups -OCH3 is 1. The van der Waals surface area contributed by atoms with E-state index < -0.39 is 0 Å². The lowest BCUT2D eigenvalue weighted by Gasteiger charge is -2.47. The van der Waals surface area contributed by atoms with Gasteiger partial charge in [0.15, 0.2) is 0 Å². The Bertz CT molecular complexity index is 433. The van der Waals surface area contributed by atoms with Gasteiger partial charge in [-0.25, -0.2) is 4.39 Å². The third-order valence-corrected chi connectivity index (χ3v) is 4.51. The lowest BCUT2D eigenvalue weighted by Crippen LogP contribution is -2.60. The largest absolute Gasteiger partial charge is 0.380 e. The first-order chi connectivity index (χ1) is 9.78. The third-order valence-electron chi connectivity index (χ3n) is 4.51. The molecule has 1 aromatic carbocycles. The normalized spacial score (nSPS) is 28.3. The molecule has 2 saturated heterocycles. The van der Waals surface area contributed by atoms with E-state index in [1.807, 2.05) is 12.1 Å². The Kier molecular flexibility index (Phi) is 4.34. The van der Waals surface area contributed by atoms with Crippen molar-refractivity contribution in [1.29, 1.82) is 0 Å². The number of hydrogen-bond acceptors (Lipinski definition) is 3. The van der Waals surface area contributed by atoms with Crippen LogP contribution in [0.3, 0.4) is 0 Å². The average Bonchev–Trinajstić information content (AvgIpc) is 2.41. The fraction of sp³-hybridized carbons (Fsp3) is 0.625. The van der Waals surface area contributed by atoms with Crippen molar-refractivity contribution in [2.75, 3.05) is 26.9 Å². The predicted molar refractivity (Wildman–Crippen MR) is 75.2 cm³/mol. The number of hydrogen-bond donors (Lipinski definition) is 0. The van der Waals surface area contributed by atoms with Crippen LogP contribution in [0, 0.1) is 5.82 Å². The highest BCUT2D eigenvalue weighted by Gasteiger charge is 2.38. The quantitative estimate of drug-likeness (QED) is 0.844. The number of halogens is 1. The molecule has 2 heterocycles. The van der Waals surface area contributed by atoms with E-state index >= 15 is 0 Å². The number of rotatable bonds is 4. The Morgan fingerprint density at radius 1 is 1.30 bits per heavy atom. The van der Waals surface area contributed by atoms with Crippen molar-refractivity contribution < 1.29 is 13.9 Å². The van der Waals surface area contributed by atoms with Crippen LogP contribution in [0.1, 0.15) is 18.4 Å². The maximum absolute atomic E-state index is 13.0. The van der Waals surface area contributed by atoms with Gasteiger partial charge in [-0.2, -0.15) is 0 Å². The summed E-state index contributed by atoms with van der Waals surface area (Å²) in [6.07, 6.45) is 3.45. The number of nitrogens with zero attached hydrogens (tertiary/aromatic N) is 1. The molecule has 0 aliphatic carbocycles. The van der Waals surface area contributed by atoms with Crippen LogP contribution in [0.15, 0.2) is 24.3 Å². The van der Waals surface area contributed by atoms with Gasteiger partial charge in [-0.15, -0.1) is 0 Å². The van der Waals surface area contributed by atoms with Gasteiger partial charge >= 0.3 is 0 Å². The van der Waals surface area contributed by atoms with E-state index in [2.05, 4.69) is 4.90 Å². The first kappa shape index (κ1) is 14.0. The highest BCUT2D eigenvalue weighted by atomic mass is 19.1. The standard InChI is InChI=1S/C16H22FNO2/c1-19-16-3-2-8-18(14-10-20-11-14)15(16)9-12-4-6-13(17)7-5-12/h4-7,14-16H,2-3,8-11H2,1H3/t15-,16-/m0/s1. The zero-order chi connectivity index (χ0) is 13.9. The maximum atomic E-state index is 13.0. The van der Waals surface area contributed by atoms with Crippen LogP contribution >= 0.6 is 0 Å². The smallest absolute Gasteiger partial charge is 0.123 e. The number of piperidine rings is 1. The molecular weight excluding hydrogens is 257 g/mol. The fourth-order valence-electron chi connectivity index (χ4n) is 3.30. The van der Waals surface area contributed by atoms with E-state index in [4.69, 9.17) is 9.47 Å². The molecule has 0 saturated carbocycles. The SMILES string of the molecule is CO[C@H]1CCCN(C2COC2)[C@H]1Cc1ccc(F)cc1. The van der Waals surface area contributed by atoms with Gasteiger partial charge in [0.25, 0.3) is 0 Å². The predicted octanol–water partition coefficient (Wildman–Crippen LogP) is 2.25. The Balaban J connectivity index is 1.75. The van der Waals surface area contributed by atoms with Crippen LogP contribution < -0.4 is 0 Å². The minimum absolute atomic E-state index is 0.176. The molecule has 0 N–H and O–H groups in total. The molecule has 4 heteroatoms. The molecular formula is C16H22FNO2. The summed E-state index contributed by atoms with van der Waals surface area (Å²) in [5, 5.41) is 0. The third kappa shape index (κ3) is 2.87. The fourth-order valence-corrected chi connectivity index (χ4v) is 3.30. The summed E-state index contributed by atoms with van der Waals surface area (Å²) >= 11 is 0. The van der Waals surface area contributed by atoms with Crippen LogP contribution in [0.5, 0.6) is 0 Å². The summed E-state index contributed by atoms with van der Waals surface area (Å²) < 4.78 is 24.1. The first-order valence-electron chi connectivity index (χ1n) is 7.38. The van der Waals surface area contributed by atoms with Crippen LogP contribution in [-0.4, -0.2) is 50.0 Å². The zero-order valence-electron chi connectivity index (χ0n) is 11.9. The van der Waals surface area contributed by atoms with Crippen molar-refractivity contribution in [2.24, 2.45) is 0 Å². The minimum atomic E-state index is -0.176. The van der Waals surface area contributed by atoms with E-state index in [0.29, 0.717) is 12.1 Å². The topological polar surface area (TPSA) is 21.7 Å². The van der Waals surface area contributed by atoms with Gasteiger partial charge in [0.05, 0.1) is 25.4 Å². The first-order valence-corrected chi connectivity index (χ1v) is 7.38. The summed E-state index contributed by atoms with van der Waals surface area (Å²) in [6.45, 7) is 2.77. The number of ether oxygens (including phenoxy) is 2. The summed E-state index contributed by atoms with van der Waals surface area (Å²) in [7, 11) is 1.79. The van der Waals surface area contributed by atoms with Crippen molar-refractivity contribution in [3.05, 3.63) is 35.6 Å². The maximum Gasteiger partial charge on any atom is 0.123 e. The molecule has 0 bridgehead atoms. The molecule has 0 radical (unpaired) electrons. The monoisotopic (exact) mass is 279 g/mol. The van der Waals surface area contributed by atoms with Gasteiger partial charge < -0.3 is 9.47 Å². The molecule has 20 heavy (non-hydrogen) atoms. The Labute approximate surface area is 119 Å². The van der Waals surface area contributed by atoms with Gasteiger partial charge in [0.2, 0.25) is 0 Å². The van der Waals surface area contributed by atoms with E-state index in [0.717, 1.165) is 32.6 Å². The van der Waals surface area contributed by atoms with Crippen LogP contribution in [-0.2, 0) is 15.9 Å². The second-order valence-electron chi connectivity index (χ2n) is 5.74. The van der Waals surface area contributed by atoms with Crippen molar-refractivity contribution in [2.45, 2.75) is 37.5 Å². The van der Waals surface area contributed by atoms with Gasteiger partial charge in [-0.1, -0.05) is 12.1 Å². The van der Waals surface area contributed by atoms with Gasteiger partial charge in [0, 0.05) is 13.2 Å². The van der Waals surface area contributed by atoms with Crippen LogP contribution in [0.2, 0.25) is 0 Å². The van der Waals surface area contributed by atoms with Gasteiger partial charge in [-0.05, 0) is 43.5 Å². The van der Waals surface area contributed by atoms with Crippen LogP contribution in [0.25, 0.3) is 0 Å². The second-order valence-corrected chi connectivity index (χ2v) is 5.74. The molecule has 3 rings (SSSR count). The highest BCUT2D eigenvalue weighted by Crippen LogP contribution is 2.27. The molecule has 2 aliphatic rings. The summed E-state index contributed by atoms with van der Waals surface area (Å²) in [5.74, 6) is -0.176. The summed E-state index contributed by atoms with van der Waals surface area (Å²) in [4.78, 5) is 2.53. The minimum Gasteiger partial charge on any atom is -0.380 e. The molecule has 2 atom stereocenters. The van der Waals surface area contributed by atoms with Gasteiger partial charge in [-0.3, -0.25) is 4.90 Å². The lowest BCUT2D eigenvalue weighted by molar-refractivity contribution is -0.117. The number of benzene rings is 1. The molecule has 0 unspecified atom stereocenters. The summed E-state index contributed by atoms with van der Waals surface area (Å²) in [6, 6.07) is 7.73. The zero-order valence-corrected chi connectivity index (χ0v) is 11.9. The Hall–Kier alpha value is -0.970. The Morgan fingerprint density at radius 2 is 2.05 bits per heavy atom. The molecule has 3 nitrogen and oxygen atoms in total. The summed E-state index contributed by atoms with van der Waals surface area (Å²) in [5.41, 5.74) is 1.17. The average molecular weight is 279 g/mol. The molecule has 110 valence electrons. The van der Waals surface area contributed by atoms with Crippen molar-refractivity contribution >= 4 is 0 Å². The van der Waals surface area contributed by atoms with Crippen LogP contribution in [0.4, 0.5) is 4.39 Å². The highest BCUT2D eigenvalue weighted by molar-refractivity contribution is 5.18. The Morgan fingerprint density at radius 3 is 2.65 bits per heavy atom. The van der Waals surface area contributed by atoms with E-state index in [1.165, 1.54) is 24.1 Å². The number of likely N-dealkylation sites (tertiary alicyclic amines) is 1.